The summed E-state index contributed by atoms with van der Waals surface area (Å²) in [4.78, 5) is 2.50. The zero-order valence-electron chi connectivity index (χ0n) is 12.2. The number of hydrogen-bond acceptors (Lipinski definition) is 3. The largest absolute Gasteiger partial charge is 0.389 e. The van der Waals surface area contributed by atoms with Crippen LogP contribution < -0.4 is 5.73 Å². The molecule has 0 aliphatic carbocycles. The van der Waals surface area contributed by atoms with Crippen molar-refractivity contribution in [3.8, 4) is 0 Å². The number of likely N-dealkylation sites (tertiary alicyclic amines) is 1. The summed E-state index contributed by atoms with van der Waals surface area (Å²) in [6.07, 6.45) is 2.04. The summed E-state index contributed by atoms with van der Waals surface area (Å²) < 4.78 is 0. The first-order chi connectivity index (χ1) is 7.65. The number of rotatable bonds is 4. The Balaban J connectivity index is 2.49. The Bertz CT molecular complexity index is 245. The molecule has 0 bridgehead atoms. The third-order valence-corrected chi connectivity index (χ3v) is 4.24. The summed E-state index contributed by atoms with van der Waals surface area (Å²) in [5.41, 5.74) is 5.25. The third-order valence-electron chi connectivity index (χ3n) is 4.24. The van der Waals surface area contributed by atoms with Crippen LogP contribution in [0.4, 0.5) is 0 Å². The van der Waals surface area contributed by atoms with E-state index in [1.165, 1.54) is 6.42 Å². The molecule has 0 aromatic carbocycles. The molecule has 1 heterocycles. The number of nitrogens with two attached hydrogens (primary N) is 1. The molecule has 17 heavy (non-hydrogen) atoms. The summed E-state index contributed by atoms with van der Waals surface area (Å²) in [5.74, 6) is 0.771. The number of hydrogen-bond donors (Lipinski definition) is 2. The Morgan fingerprint density at radius 1 is 1.35 bits per heavy atom. The van der Waals surface area contributed by atoms with E-state index in [0.717, 1.165) is 25.4 Å². The minimum Gasteiger partial charge on any atom is -0.389 e. The maximum atomic E-state index is 10.0. The van der Waals surface area contributed by atoms with E-state index in [4.69, 9.17) is 5.73 Å². The molecule has 3 unspecified atom stereocenters. The fourth-order valence-electron chi connectivity index (χ4n) is 2.74. The first-order valence-corrected chi connectivity index (χ1v) is 6.82. The molecule has 1 aliphatic heterocycles. The molecule has 0 aromatic heterocycles. The van der Waals surface area contributed by atoms with Gasteiger partial charge < -0.3 is 15.7 Å². The standard InChI is InChI=1S/C14H30N2O/c1-11(8-14(5,17)10-15)16-7-6-12(9-16)13(2,3)4/h11-12,17H,6-10,15H2,1-5H3. The number of aliphatic hydroxyl groups is 1. The van der Waals surface area contributed by atoms with Crippen molar-refractivity contribution in [3.63, 3.8) is 0 Å². The maximum absolute atomic E-state index is 10.0. The Kier molecular flexibility index (Phi) is 4.61. The van der Waals surface area contributed by atoms with Crippen LogP contribution >= 0.6 is 0 Å². The molecule has 3 N–H and O–H groups in total. The van der Waals surface area contributed by atoms with Gasteiger partial charge >= 0.3 is 0 Å². The smallest absolute Gasteiger partial charge is 0.0756 e. The van der Waals surface area contributed by atoms with E-state index >= 15 is 0 Å². The highest BCUT2D eigenvalue weighted by atomic mass is 16.3. The fraction of sp³-hybridized carbons (Fsp3) is 1.00. The summed E-state index contributed by atoms with van der Waals surface area (Å²) in [7, 11) is 0. The van der Waals surface area contributed by atoms with Crippen LogP contribution in [0.25, 0.3) is 0 Å². The summed E-state index contributed by atoms with van der Waals surface area (Å²) in [5, 5.41) is 10.0. The van der Waals surface area contributed by atoms with Crippen molar-refractivity contribution in [2.24, 2.45) is 17.1 Å². The van der Waals surface area contributed by atoms with Gasteiger partial charge in [0.05, 0.1) is 5.60 Å². The van der Waals surface area contributed by atoms with E-state index in [1.807, 2.05) is 6.92 Å². The molecule has 1 saturated heterocycles. The van der Waals surface area contributed by atoms with E-state index < -0.39 is 5.60 Å². The molecule has 3 atom stereocenters. The second-order valence-electron chi connectivity index (χ2n) is 7.10. The van der Waals surface area contributed by atoms with Gasteiger partial charge in [-0.25, -0.2) is 0 Å². The van der Waals surface area contributed by atoms with E-state index in [-0.39, 0.29) is 0 Å². The molecule has 102 valence electrons. The molecule has 0 amide bonds. The SMILES string of the molecule is CC(CC(C)(O)CN)N1CCC(C(C)(C)C)C1. The van der Waals surface area contributed by atoms with E-state index in [0.29, 0.717) is 18.0 Å². The predicted molar refractivity (Wildman–Crippen MR) is 72.9 cm³/mol. The highest BCUT2D eigenvalue weighted by Crippen LogP contribution is 2.35. The van der Waals surface area contributed by atoms with Crippen LogP contribution in [-0.2, 0) is 0 Å². The molecule has 1 aliphatic rings. The zero-order valence-corrected chi connectivity index (χ0v) is 12.2. The molecule has 0 saturated carbocycles. The molecule has 3 nitrogen and oxygen atoms in total. The van der Waals surface area contributed by atoms with Crippen LogP contribution in [0.3, 0.4) is 0 Å². The second kappa shape index (κ2) is 5.25. The molecule has 0 spiro atoms. The van der Waals surface area contributed by atoms with Gasteiger partial charge in [-0.15, -0.1) is 0 Å². The van der Waals surface area contributed by atoms with Gasteiger partial charge in [-0.2, -0.15) is 0 Å². The molecule has 3 heteroatoms. The van der Waals surface area contributed by atoms with Crippen molar-refractivity contribution in [3.05, 3.63) is 0 Å². The molecular formula is C14H30N2O. The minimum atomic E-state index is -0.723. The Labute approximate surface area is 106 Å². The van der Waals surface area contributed by atoms with Crippen molar-refractivity contribution in [1.82, 2.24) is 4.90 Å². The highest BCUT2D eigenvalue weighted by molar-refractivity contribution is 4.88. The van der Waals surface area contributed by atoms with Gasteiger partial charge in [0.1, 0.15) is 0 Å². The molecule has 1 rings (SSSR count). The fourth-order valence-corrected chi connectivity index (χ4v) is 2.74. The summed E-state index contributed by atoms with van der Waals surface area (Å²) in [6.45, 7) is 13.7. The zero-order chi connectivity index (χ0) is 13.3. The van der Waals surface area contributed by atoms with Crippen LogP contribution in [0.15, 0.2) is 0 Å². The van der Waals surface area contributed by atoms with Crippen LogP contribution in [0.5, 0.6) is 0 Å². The lowest BCUT2D eigenvalue weighted by molar-refractivity contribution is 0.0315. The van der Waals surface area contributed by atoms with Gasteiger partial charge in [-0.1, -0.05) is 20.8 Å². The second-order valence-corrected chi connectivity index (χ2v) is 7.10. The van der Waals surface area contributed by atoms with E-state index in [2.05, 4.69) is 32.6 Å². The average Bonchev–Trinajstić information content (AvgIpc) is 2.65. The molecule has 1 fully saturated rings. The lowest BCUT2D eigenvalue weighted by Gasteiger charge is -2.32. The first kappa shape index (κ1) is 14.9. The van der Waals surface area contributed by atoms with Crippen molar-refractivity contribution < 1.29 is 5.11 Å². The Morgan fingerprint density at radius 2 is 1.94 bits per heavy atom. The average molecular weight is 242 g/mol. The van der Waals surface area contributed by atoms with Gasteiger partial charge in [0.2, 0.25) is 0 Å². The molecule has 0 radical (unpaired) electrons. The highest BCUT2D eigenvalue weighted by Gasteiger charge is 2.35. The van der Waals surface area contributed by atoms with Gasteiger partial charge in [0.25, 0.3) is 0 Å². The van der Waals surface area contributed by atoms with Crippen LogP contribution in [0.2, 0.25) is 0 Å². The number of nitrogens with zero attached hydrogens (tertiary/aromatic N) is 1. The first-order valence-electron chi connectivity index (χ1n) is 6.82. The van der Waals surface area contributed by atoms with E-state index in [1.54, 1.807) is 0 Å². The van der Waals surface area contributed by atoms with Crippen molar-refractivity contribution in [2.75, 3.05) is 19.6 Å². The summed E-state index contributed by atoms with van der Waals surface area (Å²) in [6, 6.07) is 0.418. The van der Waals surface area contributed by atoms with Crippen LogP contribution in [-0.4, -0.2) is 41.3 Å². The van der Waals surface area contributed by atoms with Crippen LogP contribution in [0.1, 0.15) is 47.5 Å². The normalized spacial score (nSPS) is 28.1. The minimum absolute atomic E-state index is 0.341. The molecular weight excluding hydrogens is 212 g/mol. The van der Waals surface area contributed by atoms with Gasteiger partial charge in [-0.3, -0.25) is 0 Å². The maximum Gasteiger partial charge on any atom is 0.0756 e. The van der Waals surface area contributed by atoms with Gasteiger partial charge in [-0.05, 0) is 44.6 Å². The monoisotopic (exact) mass is 242 g/mol. The lowest BCUT2D eigenvalue weighted by atomic mass is 9.80. The van der Waals surface area contributed by atoms with Crippen molar-refractivity contribution in [1.29, 1.82) is 0 Å². The van der Waals surface area contributed by atoms with Crippen molar-refractivity contribution in [2.45, 2.75) is 59.1 Å². The predicted octanol–water partition coefficient (Wildman–Crippen LogP) is 1.84. The van der Waals surface area contributed by atoms with Crippen LogP contribution in [0, 0.1) is 11.3 Å². The molecule has 0 aromatic rings. The Morgan fingerprint density at radius 3 is 2.35 bits per heavy atom. The topological polar surface area (TPSA) is 49.5 Å². The Hall–Kier alpha value is -0.120. The quantitative estimate of drug-likeness (QED) is 0.791. The summed E-state index contributed by atoms with van der Waals surface area (Å²) >= 11 is 0. The lowest BCUT2D eigenvalue weighted by Crippen LogP contribution is -2.43. The van der Waals surface area contributed by atoms with Gasteiger partial charge in [0, 0.05) is 19.1 Å². The van der Waals surface area contributed by atoms with Crippen molar-refractivity contribution >= 4 is 0 Å². The van der Waals surface area contributed by atoms with E-state index in [9.17, 15) is 5.11 Å². The third kappa shape index (κ3) is 4.23. The van der Waals surface area contributed by atoms with Gasteiger partial charge in [0.15, 0.2) is 0 Å².